The summed E-state index contributed by atoms with van der Waals surface area (Å²) >= 11 is 6.26. The number of benzene rings is 1. The van der Waals surface area contributed by atoms with Crippen LogP contribution in [0, 0.1) is 6.92 Å². The fourth-order valence-electron chi connectivity index (χ4n) is 1.98. The van der Waals surface area contributed by atoms with E-state index >= 15 is 0 Å². The summed E-state index contributed by atoms with van der Waals surface area (Å²) in [4.78, 5) is 8.88. The van der Waals surface area contributed by atoms with E-state index in [2.05, 4.69) is 16.5 Å². The molecule has 1 heterocycles. The Hall–Kier alpha value is -2.07. The number of anilines is 1. The van der Waals surface area contributed by atoms with E-state index < -0.39 is 0 Å². The van der Waals surface area contributed by atoms with E-state index in [9.17, 15) is 0 Å². The SMILES string of the molecule is C=C(Cc1c(C)nc(Cc2ccc(N)cc2)nc1Cl)OC. The number of nitrogen functional groups attached to an aromatic ring is 1. The van der Waals surface area contributed by atoms with Gasteiger partial charge >= 0.3 is 0 Å². The highest BCUT2D eigenvalue weighted by molar-refractivity contribution is 6.30. The van der Waals surface area contributed by atoms with Gasteiger partial charge in [-0.15, -0.1) is 0 Å². The van der Waals surface area contributed by atoms with E-state index in [0.717, 1.165) is 22.5 Å². The average Bonchev–Trinajstić information content (AvgIpc) is 2.45. The van der Waals surface area contributed by atoms with Crippen LogP contribution < -0.4 is 5.73 Å². The molecule has 110 valence electrons. The van der Waals surface area contributed by atoms with Crippen molar-refractivity contribution in [2.75, 3.05) is 12.8 Å². The molecule has 0 aliphatic carbocycles. The molecule has 2 N–H and O–H groups in total. The number of nitrogens with two attached hydrogens (primary N) is 1. The van der Waals surface area contributed by atoms with Crippen LogP contribution in [0.2, 0.25) is 5.15 Å². The number of hydrogen-bond donors (Lipinski definition) is 1. The highest BCUT2D eigenvalue weighted by atomic mass is 35.5. The van der Waals surface area contributed by atoms with Crippen LogP contribution in [-0.4, -0.2) is 17.1 Å². The Morgan fingerprint density at radius 2 is 1.95 bits per heavy atom. The Morgan fingerprint density at radius 3 is 2.52 bits per heavy atom. The molecule has 1 aromatic heterocycles. The molecule has 0 atom stereocenters. The number of allylic oxidation sites excluding steroid dienone is 1. The Labute approximate surface area is 129 Å². The van der Waals surface area contributed by atoms with Gasteiger partial charge in [-0.3, -0.25) is 0 Å². The Morgan fingerprint density at radius 1 is 1.29 bits per heavy atom. The molecule has 2 aromatic rings. The first-order chi connectivity index (χ1) is 9.99. The van der Waals surface area contributed by atoms with Crippen LogP contribution in [0.3, 0.4) is 0 Å². The molecule has 0 saturated heterocycles. The smallest absolute Gasteiger partial charge is 0.136 e. The van der Waals surface area contributed by atoms with E-state index in [0.29, 0.717) is 29.6 Å². The lowest BCUT2D eigenvalue weighted by Gasteiger charge is -2.11. The van der Waals surface area contributed by atoms with Crippen molar-refractivity contribution in [1.29, 1.82) is 0 Å². The molecule has 0 aliphatic heterocycles. The fourth-order valence-corrected chi connectivity index (χ4v) is 2.28. The first kappa shape index (κ1) is 15.3. The Bertz CT molecular complexity index is 630. The van der Waals surface area contributed by atoms with Gasteiger partial charge in [0.25, 0.3) is 0 Å². The van der Waals surface area contributed by atoms with Gasteiger partial charge in [0, 0.05) is 29.8 Å². The van der Waals surface area contributed by atoms with Crippen LogP contribution in [0.25, 0.3) is 0 Å². The third-order valence-electron chi connectivity index (χ3n) is 3.21. The van der Waals surface area contributed by atoms with Crippen LogP contribution in [0.15, 0.2) is 36.6 Å². The molecule has 0 fully saturated rings. The van der Waals surface area contributed by atoms with Gasteiger partial charge in [-0.05, 0) is 24.6 Å². The summed E-state index contributed by atoms with van der Waals surface area (Å²) in [6.07, 6.45) is 1.13. The van der Waals surface area contributed by atoms with Crippen LogP contribution in [0.1, 0.15) is 22.6 Å². The minimum atomic E-state index is 0.450. The van der Waals surface area contributed by atoms with Gasteiger partial charge in [-0.25, -0.2) is 9.97 Å². The molecule has 0 unspecified atom stereocenters. The zero-order valence-corrected chi connectivity index (χ0v) is 12.9. The zero-order valence-electron chi connectivity index (χ0n) is 12.2. The van der Waals surface area contributed by atoms with Crippen molar-refractivity contribution in [2.24, 2.45) is 0 Å². The van der Waals surface area contributed by atoms with Crippen molar-refractivity contribution in [2.45, 2.75) is 19.8 Å². The third-order valence-corrected chi connectivity index (χ3v) is 3.53. The number of methoxy groups -OCH3 is 1. The van der Waals surface area contributed by atoms with Gasteiger partial charge in [-0.1, -0.05) is 30.3 Å². The molecule has 4 nitrogen and oxygen atoms in total. The van der Waals surface area contributed by atoms with Crippen molar-refractivity contribution < 1.29 is 4.74 Å². The molecule has 0 saturated carbocycles. The third kappa shape index (κ3) is 3.95. The topological polar surface area (TPSA) is 61.0 Å². The minimum absolute atomic E-state index is 0.450. The first-order valence-electron chi connectivity index (χ1n) is 6.57. The molecule has 0 spiro atoms. The van der Waals surface area contributed by atoms with Crippen LogP contribution in [-0.2, 0) is 17.6 Å². The van der Waals surface area contributed by atoms with Crippen molar-refractivity contribution >= 4 is 17.3 Å². The lowest BCUT2D eigenvalue weighted by Crippen LogP contribution is -2.05. The average molecular weight is 304 g/mol. The van der Waals surface area contributed by atoms with Crippen molar-refractivity contribution in [3.63, 3.8) is 0 Å². The maximum absolute atomic E-state index is 6.26. The van der Waals surface area contributed by atoms with Gasteiger partial charge in [0.1, 0.15) is 11.0 Å². The molecule has 5 heteroatoms. The second kappa shape index (κ2) is 6.59. The monoisotopic (exact) mass is 303 g/mol. The summed E-state index contributed by atoms with van der Waals surface area (Å²) in [6, 6.07) is 7.65. The molecule has 0 aliphatic rings. The van der Waals surface area contributed by atoms with Crippen molar-refractivity contribution in [3.05, 3.63) is 64.4 Å². The highest BCUT2D eigenvalue weighted by Crippen LogP contribution is 2.21. The van der Waals surface area contributed by atoms with Gasteiger partial charge in [-0.2, -0.15) is 0 Å². The summed E-state index contributed by atoms with van der Waals surface area (Å²) in [5.41, 5.74) is 9.20. The summed E-state index contributed by atoms with van der Waals surface area (Å²) < 4.78 is 5.08. The van der Waals surface area contributed by atoms with Crippen molar-refractivity contribution in [1.82, 2.24) is 9.97 Å². The largest absolute Gasteiger partial charge is 0.501 e. The number of aryl methyl sites for hydroxylation is 1. The van der Waals surface area contributed by atoms with E-state index in [4.69, 9.17) is 22.1 Å². The summed E-state index contributed by atoms with van der Waals surface area (Å²) in [5.74, 6) is 1.32. The summed E-state index contributed by atoms with van der Waals surface area (Å²) in [5, 5.41) is 0.450. The molecule has 0 bridgehead atoms. The van der Waals surface area contributed by atoms with Crippen molar-refractivity contribution in [3.8, 4) is 0 Å². The molecule has 21 heavy (non-hydrogen) atoms. The minimum Gasteiger partial charge on any atom is -0.501 e. The first-order valence-corrected chi connectivity index (χ1v) is 6.95. The van der Waals surface area contributed by atoms with E-state index in [-0.39, 0.29) is 0 Å². The van der Waals surface area contributed by atoms with Gasteiger partial charge < -0.3 is 10.5 Å². The summed E-state index contributed by atoms with van der Waals surface area (Å²) in [7, 11) is 1.59. The Kier molecular flexibility index (Phi) is 4.81. The molecule has 0 amide bonds. The molecule has 2 rings (SSSR count). The van der Waals surface area contributed by atoms with Crippen LogP contribution >= 0.6 is 11.6 Å². The number of ether oxygens (including phenoxy) is 1. The lowest BCUT2D eigenvalue weighted by molar-refractivity contribution is 0.285. The van der Waals surface area contributed by atoms with Gasteiger partial charge in [0.2, 0.25) is 0 Å². The predicted molar refractivity (Wildman–Crippen MR) is 85.3 cm³/mol. The maximum atomic E-state index is 6.26. The lowest BCUT2D eigenvalue weighted by atomic mass is 10.1. The normalized spacial score (nSPS) is 10.4. The number of rotatable bonds is 5. The number of nitrogens with zero attached hydrogens (tertiary/aromatic N) is 2. The second-order valence-electron chi connectivity index (χ2n) is 4.83. The maximum Gasteiger partial charge on any atom is 0.136 e. The standard InChI is InChI=1S/C16H18ClN3O/c1-10(21-3)8-14-11(2)19-15(20-16(14)17)9-12-4-6-13(18)7-5-12/h4-7H,1,8-9,18H2,2-3H3. The highest BCUT2D eigenvalue weighted by Gasteiger charge is 2.12. The van der Waals surface area contributed by atoms with Gasteiger partial charge in [0.05, 0.1) is 12.9 Å². The Balaban J connectivity index is 2.23. The zero-order chi connectivity index (χ0) is 15.4. The van der Waals surface area contributed by atoms with E-state index in [1.165, 1.54) is 0 Å². The van der Waals surface area contributed by atoms with Crippen LogP contribution in [0.4, 0.5) is 5.69 Å². The molecule has 1 aromatic carbocycles. The quantitative estimate of drug-likeness (QED) is 0.523. The molecule has 0 radical (unpaired) electrons. The fraction of sp³-hybridized carbons (Fsp3) is 0.250. The molecular weight excluding hydrogens is 286 g/mol. The van der Waals surface area contributed by atoms with Crippen LogP contribution in [0.5, 0.6) is 0 Å². The summed E-state index contributed by atoms with van der Waals surface area (Å²) in [6.45, 7) is 5.72. The van der Waals surface area contributed by atoms with Gasteiger partial charge in [0.15, 0.2) is 0 Å². The number of aromatic nitrogens is 2. The number of hydrogen-bond acceptors (Lipinski definition) is 4. The number of halogens is 1. The second-order valence-corrected chi connectivity index (χ2v) is 5.19. The molecular formula is C16H18ClN3O. The van der Waals surface area contributed by atoms with E-state index in [1.807, 2.05) is 31.2 Å². The van der Waals surface area contributed by atoms with E-state index in [1.54, 1.807) is 7.11 Å². The predicted octanol–water partition coefficient (Wildman–Crippen LogP) is 3.31.